The molecule has 2 aliphatic rings. The van der Waals surface area contributed by atoms with Gasteiger partial charge in [0.2, 0.25) is 0 Å². The van der Waals surface area contributed by atoms with Gasteiger partial charge < -0.3 is 16.4 Å². The van der Waals surface area contributed by atoms with E-state index in [9.17, 15) is 10.1 Å². The number of anilines is 3. The van der Waals surface area contributed by atoms with Gasteiger partial charge in [-0.1, -0.05) is 45.7 Å². The fourth-order valence-electron chi connectivity index (χ4n) is 6.00. The van der Waals surface area contributed by atoms with Gasteiger partial charge in [-0.3, -0.25) is 15.1 Å². The molecule has 0 saturated heterocycles. The third-order valence-corrected chi connectivity index (χ3v) is 9.58. The predicted octanol–water partition coefficient (Wildman–Crippen LogP) is 8.30. The first-order valence-corrected chi connectivity index (χ1v) is 17.2. The summed E-state index contributed by atoms with van der Waals surface area (Å²) < 4.78 is 1.94. The standard InChI is InChI=1S/C16H18BrN3O2.C16H20BrN3.2CO2/c1-10-2-5-12(6-3-10)19-16-13-8-11(17)4-7-14(13)18-9-15(16)20(21)22;1-10-2-5-12(6-3-10)20-16-13-8-11(17)4-7-15(13)19-9-14(16)18;2*2-1-3/h4,7-10,12H,2-3,5-6H2,1H3,(H,18,19);4,7-10,12H,2-3,5-6,18H2,1H3,(H,19,20);;. The second-order valence-corrected chi connectivity index (χ2v) is 13.9. The molecule has 0 atom stereocenters. The Morgan fingerprint density at radius 2 is 1.12 bits per heavy atom. The Kier molecular flexibility index (Phi) is 15.1. The van der Waals surface area contributed by atoms with Crippen LogP contribution in [0, 0.1) is 22.0 Å². The lowest BCUT2D eigenvalue weighted by molar-refractivity contribution is -0.384. The van der Waals surface area contributed by atoms with Gasteiger partial charge in [0.05, 0.1) is 33.5 Å². The monoisotopic (exact) mass is 784 g/mol. The van der Waals surface area contributed by atoms with Crippen LogP contribution in [0.25, 0.3) is 21.8 Å². The zero-order valence-electron chi connectivity index (χ0n) is 26.7. The maximum atomic E-state index is 11.4. The van der Waals surface area contributed by atoms with Gasteiger partial charge in [-0.15, -0.1) is 0 Å². The fourth-order valence-corrected chi connectivity index (χ4v) is 6.72. The Hall–Kier alpha value is -4.22. The summed E-state index contributed by atoms with van der Waals surface area (Å²) in [6, 6.07) is 12.6. The number of nitro groups is 1. The summed E-state index contributed by atoms with van der Waals surface area (Å²) in [5, 5.41) is 20.3. The number of benzene rings is 2. The minimum Gasteiger partial charge on any atom is -0.396 e. The molecule has 2 saturated carbocycles. The minimum atomic E-state index is -0.360. The summed E-state index contributed by atoms with van der Waals surface area (Å²) >= 11 is 6.96. The SMILES string of the molecule is CC1CCC(Nc2c(N)cnc3ccc(Br)cc23)CC1.CC1CCC(Nc2c([N+](=O)[O-])cnc3ccc(Br)cc23)CC1.O=C=O.O=C=O. The molecule has 254 valence electrons. The van der Waals surface area contributed by atoms with Crippen molar-refractivity contribution in [2.75, 3.05) is 16.4 Å². The van der Waals surface area contributed by atoms with Crippen LogP contribution in [-0.4, -0.2) is 39.3 Å². The van der Waals surface area contributed by atoms with Crippen LogP contribution in [0.3, 0.4) is 0 Å². The van der Waals surface area contributed by atoms with Crippen LogP contribution in [0.5, 0.6) is 0 Å². The molecule has 0 radical (unpaired) electrons. The number of carbonyl (C=O) groups excluding carboxylic acids is 4. The summed E-state index contributed by atoms with van der Waals surface area (Å²) in [6.07, 6.45) is 13.1. The highest BCUT2D eigenvalue weighted by Crippen LogP contribution is 2.36. The van der Waals surface area contributed by atoms with Gasteiger partial charge in [0.25, 0.3) is 0 Å². The molecule has 2 heterocycles. The zero-order chi connectivity index (χ0) is 35.2. The molecule has 0 unspecified atom stereocenters. The normalized spacial score (nSPS) is 19.8. The summed E-state index contributed by atoms with van der Waals surface area (Å²) in [6.45, 7) is 4.60. The lowest BCUT2D eigenvalue weighted by atomic mass is 9.87. The maximum absolute atomic E-state index is 11.4. The number of rotatable bonds is 5. The number of nitrogen functional groups attached to an aromatic ring is 1. The molecule has 14 heteroatoms. The summed E-state index contributed by atoms with van der Waals surface area (Å²) in [7, 11) is 0. The van der Waals surface area contributed by atoms with E-state index >= 15 is 0 Å². The Balaban J connectivity index is 0.000000225. The van der Waals surface area contributed by atoms with E-state index in [4.69, 9.17) is 24.9 Å². The number of pyridine rings is 2. The van der Waals surface area contributed by atoms with Gasteiger partial charge in [0, 0.05) is 31.8 Å². The second kappa shape index (κ2) is 18.9. The largest absolute Gasteiger partial charge is 0.396 e. The molecule has 0 bridgehead atoms. The molecule has 48 heavy (non-hydrogen) atoms. The third-order valence-electron chi connectivity index (χ3n) is 8.59. The van der Waals surface area contributed by atoms with Gasteiger partial charge in [0.1, 0.15) is 11.9 Å². The summed E-state index contributed by atoms with van der Waals surface area (Å²) in [5.41, 5.74) is 10.3. The fraction of sp³-hybridized carbons (Fsp3) is 0.412. The van der Waals surface area contributed by atoms with Crippen molar-refractivity contribution in [1.82, 2.24) is 9.97 Å². The van der Waals surface area contributed by atoms with Crippen LogP contribution < -0.4 is 16.4 Å². The molecule has 6 rings (SSSR count). The highest BCUT2D eigenvalue weighted by Gasteiger charge is 2.24. The number of halogens is 2. The molecular weight excluding hydrogens is 748 g/mol. The van der Waals surface area contributed by atoms with E-state index in [-0.39, 0.29) is 22.9 Å². The van der Waals surface area contributed by atoms with Crippen molar-refractivity contribution in [2.45, 2.75) is 77.3 Å². The van der Waals surface area contributed by atoms with Gasteiger partial charge in [-0.25, -0.2) is 4.98 Å². The van der Waals surface area contributed by atoms with Crippen LogP contribution in [0.15, 0.2) is 57.7 Å². The van der Waals surface area contributed by atoms with Gasteiger partial charge in [0.15, 0.2) is 0 Å². The molecule has 2 aliphatic carbocycles. The molecule has 2 aromatic heterocycles. The van der Waals surface area contributed by atoms with E-state index in [0.29, 0.717) is 17.8 Å². The number of nitrogens with one attached hydrogen (secondary N) is 2. The zero-order valence-corrected chi connectivity index (χ0v) is 29.9. The van der Waals surface area contributed by atoms with Crippen molar-refractivity contribution in [2.24, 2.45) is 11.8 Å². The van der Waals surface area contributed by atoms with Crippen LogP contribution in [0.1, 0.15) is 65.2 Å². The molecule has 0 aliphatic heterocycles. The molecule has 0 spiro atoms. The summed E-state index contributed by atoms with van der Waals surface area (Å²) in [4.78, 5) is 52.1. The molecule has 0 amide bonds. The Morgan fingerprint density at radius 3 is 1.56 bits per heavy atom. The second-order valence-electron chi connectivity index (χ2n) is 12.1. The van der Waals surface area contributed by atoms with E-state index in [0.717, 1.165) is 79.6 Å². The van der Waals surface area contributed by atoms with Crippen molar-refractivity contribution in [1.29, 1.82) is 0 Å². The molecule has 12 nitrogen and oxygen atoms in total. The average molecular weight is 787 g/mol. The predicted molar refractivity (Wildman–Crippen MR) is 190 cm³/mol. The van der Waals surface area contributed by atoms with Crippen molar-refractivity contribution >= 4 is 88.7 Å². The Morgan fingerprint density at radius 1 is 0.729 bits per heavy atom. The van der Waals surface area contributed by atoms with E-state index in [2.05, 4.69) is 72.4 Å². The van der Waals surface area contributed by atoms with Gasteiger partial charge in [-0.2, -0.15) is 19.2 Å². The van der Waals surface area contributed by atoms with E-state index < -0.39 is 0 Å². The minimum absolute atomic E-state index is 0.0456. The quantitative estimate of drug-likeness (QED) is 0.130. The van der Waals surface area contributed by atoms with Gasteiger partial charge >= 0.3 is 18.0 Å². The average Bonchev–Trinajstić information content (AvgIpc) is 3.05. The topological polar surface area (TPSA) is 187 Å². The number of nitrogens with two attached hydrogens (primary N) is 1. The Bertz CT molecular complexity index is 1750. The molecular formula is C34H38Br2N6O6. The molecule has 2 fully saturated rings. The molecule has 4 N–H and O–H groups in total. The number of fused-ring (bicyclic) bond motifs is 2. The molecule has 2 aromatic carbocycles. The summed E-state index contributed by atoms with van der Waals surface area (Å²) in [5.74, 6) is 1.60. The lowest BCUT2D eigenvalue weighted by Gasteiger charge is -2.28. The maximum Gasteiger partial charge on any atom is 0.373 e. The van der Waals surface area contributed by atoms with Crippen LogP contribution in [-0.2, 0) is 19.2 Å². The van der Waals surface area contributed by atoms with E-state index in [1.54, 1.807) is 6.20 Å². The van der Waals surface area contributed by atoms with Crippen molar-refractivity contribution in [3.63, 3.8) is 0 Å². The van der Waals surface area contributed by atoms with Crippen molar-refractivity contribution in [3.05, 3.63) is 67.9 Å². The highest BCUT2D eigenvalue weighted by molar-refractivity contribution is 9.10. The van der Waals surface area contributed by atoms with Crippen LogP contribution >= 0.6 is 31.9 Å². The number of hydrogen-bond donors (Lipinski definition) is 3. The van der Waals surface area contributed by atoms with E-state index in [1.807, 2.05) is 30.3 Å². The van der Waals surface area contributed by atoms with Crippen molar-refractivity contribution < 1.29 is 24.1 Å². The Labute approximate surface area is 295 Å². The van der Waals surface area contributed by atoms with Gasteiger partial charge in [-0.05, 0) is 99.6 Å². The first kappa shape index (κ1) is 38.2. The van der Waals surface area contributed by atoms with Crippen LogP contribution in [0.4, 0.5) is 22.7 Å². The first-order chi connectivity index (χ1) is 23.0. The molecule has 4 aromatic rings. The first-order valence-electron chi connectivity index (χ1n) is 15.6. The number of nitrogens with zero attached hydrogens (tertiary/aromatic N) is 3. The third kappa shape index (κ3) is 10.9. The highest BCUT2D eigenvalue weighted by atomic mass is 79.9. The van der Waals surface area contributed by atoms with Crippen molar-refractivity contribution in [3.8, 4) is 0 Å². The van der Waals surface area contributed by atoms with Crippen LogP contribution in [0.2, 0.25) is 0 Å². The number of aromatic nitrogens is 2. The van der Waals surface area contributed by atoms with E-state index in [1.165, 1.54) is 31.9 Å². The lowest BCUT2D eigenvalue weighted by Crippen LogP contribution is -2.25. The smallest absolute Gasteiger partial charge is 0.373 e. The number of hydrogen-bond acceptors (Lipinski definition) is 11.